The van der Waals surface area contributed by atoms with Gasteiger partial charge in [0.25, 0.3) is 0 Å². The Kier molecular flexibility index (Phi) is 4.22. The van der Waals surface area contributed by atoms with Gasteiger partial charge in [-0.1, -0.05) is 0 Å². The number of aromatic nitrogens is 4. The van der Waals surface area contributed by atoms with E-state index in [1.54, 1.807) is 25.3 Å². The SMILES string of the molecule is COc1ccc(NC(=O)C2(N)CCOCC2)cc1-n1cnnn1. The van der Waals surface area contributed by atoms with Crippen LogP contribution in [-0.2, 0) is 9.53 Å². The molecule has 1 aromatic heterocycles. The van der Waals surface area contributed by atoms with Crippen LogP contribution in [0.15, 0.2) is 24.5 Å². The van der Waals surface area contributed by atoms with Crippen molar-refractivity contribution in [3.8, 4) is 11.4 Å². The van der Waals surface area contributed by atoms with Crippen LogP contribution in [0.3, 0.4) is 0 Å². The van der Waals surface area contributed by atoms with Crippen LogP contribution in [0.5, 0.6) is 5.75 Å². The van der Waals surface area contributed by atoms with Crippen LogP contribution in [0.25, 0.3) is 5.69 Å². The topological polar surface area (TPSA) is 117 Å². The molecule has 2 heterocycles. The van der Waals surface area contributed by atoms with Crippen LogP contribution in [-0.4, -0.2) is 52.0 Å². The summed E-state index contributed by atoms with van der Waals surface area (Å²) in [5.41, 5.74) is 6.49. The first-order valence-corrected chi connectivity index (χ1v) is 7.22. The Morgan fingerprint density at radius 3 is 2.87 bits per heavy atom. The molecule has 0 bridgehead atoms. The van der Waals surface area contributed by atoms with Gasteiger partial charge in [0.15, 0.2) is 0 Å². The fourth-order valence-corrected chi connectivity index (χ4v) is 2.44. The van der Waals surface area contributed by atoms with Crippen molar-refractivity contribution in [1.29, 1.82) is 0 Å². The minimum absolute atomic E-state index is 0.228. The average Bonchev–Trinajstić information content (AvgIpc) is 3.10. The average molecular weight is 318 g/mol. The molecule has 0 atom stereocenters. The number of carbonyl (C=O) groups excluding carboxylic acids is 1. The number of amides is 1. The minimum Gasteiger partial charge on any atom is -0.494 e. The summed E-state index contributed by atoms with van der Waals surface area (Å²) >= 11 is 0. The van der Waals surface area contributed by atoms with Crippen molar-refractivity contribution in [2.45, 2.75) is 18.4 Å². The van der Waals surface area contributed by atoms with Gasteiger partial charge < -0.3 is 20.5 Å². The number of nitrogens with one attached hydrogen (secondary N) is 1. The second-order valence-electron chi connectivity index (χ2n) is 5.36. The Morgan fingerprint density at radius 1 is 1.43 bits per heavy atom. The largest absolute Gasteiger partial charge is 0.494 e. The van der Waals surface area contributed by atoms with Gasteiger partial charge in [-0.15, -0.1) is 5.10 Å². The molecule has 2 aromatic rings. The Morgan fingerprint density at radius 2 is 2.22 bits per heavy atom. The van der Waals surface area contributed by atoms with Crippen LogP contribution in [0.2, 0.25) is 0 Å². The van der Waals surface area contributed by atoms with Crippen molar-refractivity contribution in [2.75, 3.05) is 25.6 Å². The number of methoxy groups -OCH3 is 1. The number of carbonyl (C=O) groups is 1. The van der Waals surface area contributed by atoms with E-state index in [1.165, 1.54) is 11.0 Å². The Hall–Kier alpha value is -2.52. The summed E-state index contributed by atoms with van der Waals surface area (Å²) in [6.07, 6.45) is 2.44. The fraction of sp³-hybridized carbons (Fsp3) is 0.429. The first kappa shape index (κ1) is 15.4. The molecule has 9 heteroatoms. The third kappa shape index (κ3) is 3.15. The lowest BCUT2D eigenvalue weighted by Gasteiger charge is -2.31. The molecule has 0 spiro atoms. The maximum Gasteiger partial charge on any atom is 0.244 e. The number of hydrogen-bond acceptors (Lipinski definition) is 7. The summed E-state index contributed by atoms with van der Waals surface area (Å²) in [6.45, 7) is 0.977. The Bertz CT molecular complexity index is 682. The van der Waals surface area contributed by atoms with Crippen LogP contribution in [0.1, 0.15) is 12.8 Å². The summed E-state index contributed by atoms with van der Waals surface area (Å²) < 4.78 is 12.0. The van der Waals surface area contributed by atoms with Gasteiger partial charge in [-0.3, -0.25) is 4.79 Å². The molecule has 3 N–H and O–H groups in total. The Labute approximate surface area is 132 Å². The van der Waals surface area contributed by atoms with E-state index in [9.17, 15) is 4.79 Å². The molecule has 0 aliphatic carbocycles. The molecule has 0 unspecified atom stereocenters. The molecule has 9 nitrogen and oxygen atoms in total. The van der Waals surface area contributed by atoms with Gasteiger partial charge in [0.2, 0.25) is 5.91 Å². The lowest BCUT2D eigenvalue weighted by atomic mass is 9.90. The van der Waals surface area contributed by atoms with E-state index >= 15 is 0 Å². The summed E-state index contributed by atoms with van der Waals surface area (Å²) in [5, 5.41) is 13.9. The molecule has 3 rings (SSSR count). The van der Waals surface area contributed by atoms with E-state index in [0.717, 1.165) is 0 Å². The first-order valence-electron chi connectivity index (χ1n) is 7.22. The van der Waals surface area contributed by atoms with Gasteiger partial charge in [-0.05, 0) is 41.5 Å². The number of benzene rings is 1. The van der Waals surface area contributed by atoms with Crippen molar-refractivity contribution in [3.63, 3.8) is 0 Å². The normalized spacial score (nSPS) is 16.8. The molecular weight excluding hydrogens is 300 g/mol. The molecule has 1 saturated heterocycles. The van der Waals surface area contributed by atoms with E-state index in [2.05, 4.69) is 20.8 Å². The van der Waals surface area contributed by atoms with Gasteiger partial charge in [-0.2, -0.15) is 4.68 Å². The minimum atomic E-state index is -0.910. The van der Waals surface area contributed by atoms with Crippen molar-refractivity contribution in [1.82, 2.24) is 20.2 Å². The van der Waals surface area contributed by atoms with Crippen molar-refractivity contribution >= 4 is 11.6 Å². The van der Waals surface area contributed by atoms with Crippen LogP contribution < -0.4 is 15.8 Å². The molecule has 0 saturated carbocycles. The number of nitrogens with zero attached hydrogens (tertiary/aromatic N) is 4. The standard InChI is InChI=1S/C14H18N6O3/c1-22-12-3-2-10(8-11(12)20-9-16-18-19-20)17-13(21)14(15)4-6-23-7-5-14/h2-3,8-9H,4-7,15H2,1H3,(H,17,21). The summed E-state index contributed by atoms with van der Waals surface area (Å²) in [7, 11) is 1.55. The second kappa shape index (κ2) is 6.31. The smallest absolute Gasteiger partial charge is 0.244 e. The van der Waals surface area contributed by atoms with Gasteiger partial charge in [-0.25, -0.2) is 0 Å². The van der Waals surface area contributed by atoms with Crippen LogP contribution in [0.4, 0.5) is 5.69 Å². The number of anilines is 1. The highest BCUT2D eigenvalue weighted by molar-refractivity contribution is 5.98. The zero-order valence-corrected chi connectivity index (χ0v) is 12.7. The predicted octanol–water partition coefficient (Wildman–Crippen LogP) is 0.117. The number of rotatable bonds is 4. The summed E-state index contributed by atoms with van der Waals surface area (Å²) in [5.74, 6) is 0.359. The number of tetrazole rings is 1. The molecule has 1 aliphatic heterocycles. The van der Waals surface area contributed by atoms with Gasteiger partial charge >= 0.3 is 0 Å². The van der Waals surface area contributed by atoms with E-state index in [4.69, 9.17) is 15.2 Å². The zero-order chi connectivity index (χ0) is 16.3. The maximum absolute atomic E-state index is 12.5. The molecule has 122 valence electrons. The predicted molar refractivity (Wildman–Crippen MR) is 81.3 cm³/mol. The van der Waals surface area contributed by atoms with Crippen molar-refractivity contribution in [3.05, 3.63) is 24.5 Å². The quantitative estimate of drug-likeness (QED) is 0.822. The van der Waals surface area contributed by atoms with Crippen LogP contribution in [0, 0.1) is 0 Å². The first-order chi connectivity index (χ1) is 11.1. The van der Waals surface area contributed by atoms with E-state index in [0.29, 0.717) is 43.2 Å². The van der Waals surface area contributed by atoms with E-state index in [1.807, 2.05) is 0 Å². The third-order valence-corrected chi connectivity index (χ3v) is 3.87. The van der Waals surface area contributed by atoms with Crippen molar-refractivity contribution in [2.24, 2.45) is 5.73 Å². The summed E-state index contributed by atoms with van der Waals surface area (Å²) in [4.78, 5) is 12.5. The van der Waals surface area contributed by atoms with E-state index in [-0.39, 0.29) is 5.91 Å². The molecule has 0 radical (unpaired) electrons. The fourth-order valence-electron chi connectivity index (χ4n) is 2.44. The lowest BCUT2D eigenvalue weighted by Crippen LogP contribution is -2.54. The monoisotopic (exact) mass is 318 g/mol. The Balaban J connectivity index is 1.83. The molecule has 1 fully saturated rings. The molecule has 1 aliphatic rings. The molecule has 1 aromatic carbocycles. The van der Waals surface area contributed by atoms with Gasteiger partial charge in [0, 0.05) is 18.9 Å². The number of ether oxygens (including phenoxy) is 2. The maximum atomic E-state index is 12.5. The summed E-state index contributed by atoms with van der Waals surface area (Å²) in [6, 6.07) is 5.21. The third-order valence-electron chi connectivity index (χ3n) is 3.87. The van der Waals surface area contributed by atoms with Crippen LogP contribution >= 0.6 is 0 Å². The molecular formula is C14H18N6O3. The highest BCUT2D eigenvalue weighted by Crippen LogP contribution is 2.27. The number of hydrogen-bond donors (Lipinski definition) is 2. The second-order valence-corrected chi connectivity index (χ2v) is 5.36. The number of nitrogens with two attached hydrogens (primary N) is 1. The highest BCUT2D eigenvalue weighted by Gasteiger charge is 2.36. The highest BCUT2D eigenvalue weighted by atomic mass is 16.5. The lowest BCUT2D eigenvalue weighted by molar-refractivity contribution is -0.124. The van der Waals surface area contributed by atoms with Crippen molar-refractivity contribution < 1.29 is 14.3 Å². The molecule has 1 amide bonds. The zero-order valence-electron chi connectivity index (χ0n) is 12.7. The molecule has 23 heavy (non-hydrogen) atoms. The van der Waals surface area contributed by atoms with Gasteiger partial charge in [0.1, 0.15) is 23.3 Å². The van der Waals surface area contributed by atoms with Gasteiger partial charge in [0.05, 0.1) is 7.11 Å². The van der Waals surface area contributed by atoms with E-state index < -0.39 is 5.54 Å².